The third-order valence-corrected chi connectivity index (χ3v) is 7.92. The van der Waals surface area contributed by atoms with Crippen LogP contribution >= 0.6 is 15.9 Å². The fraction of sp³-hybridized carbons (Fsp3) is 0.611. The molecule has 0 spiro atoms. The average molecular weight is 427 g/mol. The van der Waals surface area contributed by atoms with Crippen molar-refractivity contribution in [2.24, 2.45) is 11.8 Å². The summed E-state index contributed by atoms with van der Waals surface area (Å²) in [5.41, 5.74) is 1.58. The van der Waals surface area contributed by atoms with E-state index in [-0.39, 0.29) is 16.7 Å². The Hall–Kier alpha value is -0.920. The molecule has 0 bridgehead atoms. The molecule has 1 saturated carbocycles. The summed E-state index contributed by atoms with van der Waals surface area (Å²) < 4.78 is 29.0. The van der Waals surface area contributed by atoms with Gasteiger partial charge in [-0.25, -0.2) is 8.42 Å². The lowest BCUT2D eigenvalue weighted by Crippen LogP contribution is -2.39. The summed E-state index contributed by atoms with van der Waals surface area (Å²) in [6.07, 6.45) is 4.34. The van der Waals surface area contributed by atoms with Gasteiger partial charge in [-0.3, -0.25) is 4.79 Å². The lowest BCUT2D eigenvalue weighted by Gasteiger charge is -2.31. The molecular weight excluding hydrogens is 404 g/mol. The van der Waals surface area contributed by atoms with Crippen molar-refractivity contribution in [3.8, 4) is 0 Å². The van der Waals surface area contributed by atoms with Crippen molar-refractivity contribution in [3.05, 3.63) is 22.2 Å². The van der Waals surface area contributed by atoms with E-state index >= 15 is 0 Å². The molecule has 7 heteroatoms. The van der Waals surface area contributed by atoms with Gasteiger partial charge in [0, 0.05) is 30.0 Å². The van der Waals surface area contributed by atoms with Crippen LogP contribution in [0.25, 0.3) is 0 Å². The van der Waals surface area contributed by atoms with E-state index in [1.54, 1.807) is 15.3 Å². The number of carbonyl (C=O) groups is 1. The molecule has 25 heavy (non-hydrogen) atoms. The molecule has 136 valence electrons. The number of sulfonamides is 1. The standard InChI is InChI=1S/C18H23BrN2O3S/c1-12-4-7-20(8-5-12)25(23,24)16-11-15(19)10-14-6-9-21(17(14)16)18(22)13-2-3-13/h10-13H,2-9H2,1H3. The third kappa shape index (κ3) is 3.15. The monoisotopic (exact) mass is 426 g/mol. The van der Waals surface area contributed by atoms with Gasteiger partial charge in [-0.15, -0.1) is 0 Å². The Morgan fingerprint density at radius 3 is 2.44 bits per heavy atom. The van der Waals surface area contributed by atoms with E-state index < -0.39 is 10.0 Å². The van der Waals surface area contributed by atoms with Crippen molar-refractivity contribution >= 4 is 37.5 Å². The Kier molecular flexibility index (Phi) is 4.45. The highest BCUT2D eigenvalue weighted by Crippen LogP contribution is 2.42. The first-order chi connectivity index (χ1) is 11.9. The predicted octanol–water partition coefficient (Wildman–Crippen LogP) is 3.17. The van der Waals surface area contributed by atoms with Crippen LogP contribution < -0.4 is 4.90 Å². The predicted molar refractivity (Wildman–Crippen MR) is 100 cm³/mol. The highest BCUT2D eigenvalue weighted by molar-refractivity contribution is 9.10. The molecule has 3 aliphatic rings. The van der Waals surface area contributed by atoms with Crippen LogP contribution in [-0.2, 0) is 21.2 Å². The summed E-state index contributed by atoms with van der Waals surface area (Å²) >= 11 is 3.45. The number of benzene rings is 1. The number of fused-ring (bicyclic) bond motifs is 1. The van der Waals surface area contributed by atoms with Gasteiger partial charge in [0.25, 0.3) is 0 Å². The summed E-state index contributed by atoms with van der Waals surface area (Å²) in [5.74, 6) is 0.735. The van der Waals surface area contributed by atoms with Crippen LogP contribution in [0.3, 0.4) is 0 Å². The molecule has 2 heterocycles. The Morgan fingerprint density at radius 2 is 1.80 bits per heavy atom. The van der Waals surface area contributed by atoms with E-state index in [0.29, 0.717) is 37.7 Å². The maximum absolute atomic E-state index is 13.3. The molecule has 1 amide bonds. The molecule has 2 aliphatic heterocycles. The largest absolute Gasteiger partial charge is 0.310 e. The van der Waals surface area contributed by atoms with Gasteiger partial charge in [0.1, 0.15) is 4.90 Å². The zero-order valence-electron chi connectivity index (χ0n) is 14.4. The van der Waals surface area contributed by atoms with Crippen molar-refractivity contribution in [1.29, 1.82) is 0 Å². The van der Waals surface area contributed by atoms with Crippen LogP contribution in [0.1, 0.15) is 38.2 Å². The molecule has 0 aromatic heterocycles. The molecule has 1 aromatic rings. The Balaban J connectivity index is 1.75. The minimum Gasteiger partial charge on any atom is -0.310 e. The number of rotatable bonds is 3. The third-order valence-electron chi connectivity index (χ3n) is 5.55. The summed E-state index contributed by atoms with van der Waals surface area (Å²) in [6.45, 7) is 3.86. The molecule has 4 rings (SSSR count). The fourth-order valence-corrected chi connectivity index (χ4v) is 6.19. The second-order valence-corrected chi connectivity index (χ2v) is 10.3. The van der Waals surface area contributed by atoms with E-state index in [9.17, 15) is 13.2 Å². The first-order valence-electron chi connectivity index (χ1n) is 9.02. The molecule has 1 aliphatic carbocycles. The minimum atomic E-state index is -3.60. The first-order valence-corrected chi connectivity index (χ1v) is 11.2. The molecule has 0 atom stereocenters. The molecule has 0 radical (unpaired) electrons. The van der Waals surface area contributed by atoms with Crippen molar-refractivity contribution in [3.63, 3.8) is 0 Å². The molecule has 1 aromatic carbocycles. The number of carbonyl (C=O) groups excluding carboxylic acids is 1. The van der Waals surface area contributed by atoms with Crippen molar-refractivity contribution in [1.82, 2.24) is 4.31 Å². The van der Waals surface area contributed by atoms with Crippen molar-refractivity contribution in [2.45, 2.75) is 43.9 Å². The highest BCUT2D eigenvalue weighted by atomic mass is 79.9. The molecule has 5 nitrogen and oxygen atoms in total. The molecule has 0 unspecified atom stereocenters. The summed E-state index contributed by atoms with van der Waals surface area (Å²) in [4.78, 5) is 14.7. The zero-order chi connectivity index (χ0) is 17.8. The molecule has 2 fully saturated rings. The number of anilines is 1. The summed E-state index contributed by atoms with van der Waals surface area (Å²) in [6, 6.07) is 3.62. The van der Waals surface area contributed by atoms with Crippen LogP contribution in [0.2, 0.25) is 0 Å². The van der Waals surface area contributed by atoms with Gasteiger partial charge in [0.05, 0.1) is 5.69 Å². The van der Waals surface area contributed by atoms with E-state index in [0.717, 1.165) is 35.7 Å². The first kappa shape index (κ1) is 17.5. The molecular formula is C18H23BrN2O3S. The average Bonchev–Trinajstić information content (AvgIpc) is 3.34. The topological polar surface area (TPSA) is 57.7 Å². The lowest BCUT2D eigenvalue weighted by atomic mass is 10.0. The van der Waals surface area contributed by atoms with Gasteiger partial charge in [0.15, 0.2) is 0 Å². The number of amides is 1. The second kappa shape index (κ2) is 6.35. The normalized spacial score (nSPS) is 22.2. The molecule has 1 saturated heterocycles. The lowest BCUT2D eigenvalue weighted by molar-refractivity contribution is -0.119. The highest BCUT2D eigenvalue weighted by Gasteiger charge is 2.40. The minimum absolute atomic E-state index is 0.0842. The number of piperidine rings is 1. The van der Waals surface area contributed by atoms with Gasteiger partial charge in [-0.2, -0.15) is 4.31 Å². The smallest absolute Gasteiger partial charge is 0.245 e. The van der Waals surface area contributed by atoms with Crippen LogP contribution in [-0.4, -0.2) is 38.3 Å². The van der Waals surface area contributed by atoms with Crippen LogP contribution in [0.4, 0.5) is 5.69 Å². The van der Waals surface area contributed by atoms with E-state index in [1.807, 2.05) is 6.07 Å². The van der Waals surface area contributed by atoms with Gasteiger partial charge in [0.2, 0.25) is 15.9 Å². The van der Waals surface area contributed by atoms with Crippen LogP contribution in [0.15, 0.2) is 21.5 Å². The van der Waals surface area contributed by atoms with E-state index in [4.69, 9.17) is 0 Å². The number of hydrogen-bond donors (Lipinski definition) is 0. The second-order valence-electron chi connectivity index (χ2n) is 7.51. The fourth-order valence-electron chi connectivity index (χ4n) is 3.80. The van der Waals surface area contributed by atoms with E-state index in [1.165, 1.54) is 0 Å². The maximum Gasteiger partial charge on any atom is 0.245 e. The van der Waals surface area contributed by atoms with Gasteiger partial charge in [-0.05, 0) is 55.7 Å². The number of nitrogens with zero attached hydrogens (tertiary/aromatic N) is 2. The van der Waals surface area contributed by atoms with Crippen molar-refractivity contribution in [2.75, 3.05) is 24.5 Å². The van der Waals surface area contributed by atoms with Gasteiger partial charge >= 0.3 is 0 Å². The Labute approximate surface area is 157 Å². The summed E-state index contributed by atoms with van der Waals surface area (Å²) in [7, 11) is -3.60. The SMILES string of the molecule is CC1CCN(S(=O)(=O)c2cc(Br)cc3c2N(C(=O)C2CC2)CC3)CC1. The van der Waals surface area contributed by atoms with Crippen molar-refractivity contribution < 1.29 is 13.2 Å². The number of halogens is 1. The Bertz CT molecular complexity index is 812. The van der Waals surface area contributed by atoms with E-state index in [2.05, 4.69) is 22.9 Å². The van der Waals surface area contributed by atoms with Crippen LogP contribution in [0, 0.1) is 11.8 Å². The van der Waals surface area contributed by atoms with Crippen LogP contribution in [0.5, 0.6) is 0 Å². The maximum atomic E-state index is 13.3. The van der Waals surface area contributed by atoms with Gasteiger partial charge < -0.3 is 4.90 Å². The molecule has 0 N–H and O–H groups in total. The van der Waals surface area contributed by atoms with Gasteiger partial charge in [-0.1, -0.05) is 22.9 Å². The quantitative estimate of drug-likeness (QED) is 0.745. The zero-order valence-corrected chi connectivity index (χ0v) is 16.8. The Morgan fingerprint density at radius 1 is 1.12 bits per heavy atom. The number of hydrogen-bond acceptors (Lipinski definition) is 3. The summed E-state index contributed by atoms with van der Waals surface area (Å²) in [5, 5.41) is 0.